The maximum atomic E-state index is 12.0. The zero-order chi connectivity index (χ0) is 12.8. The highest BCUT2D eigenvalue weighted by Gasteiger charge is 2.33. The number of nitrogens with zero attached hydrogens (tertiary/aromatic N) is 1. The van der Waals surface area contributed by atoms with Gasteiger partial charge in [0.25, 0.3) is 0 Å². The van der Waals surface area contributed by atoms with Crippen molar-refractivity contribution in [2.45, 2.75) is 51.2 Å². The predicted molar refractivity (Wildman–Crippen MR) is 70.7 cm³/mol. The van der Waals surface area contributed by atoms with Gasteiger partial charge in [0.15, 0.2) is 0 Å². The minimum atomic E-state index is -0.112. The average molecular weight is 239 g/mol. The average Bonchev–Trinajstić information content (AvgIpc) is 2.34. The Morgan fingerprint density at radius 2 is 2.35 bits per heavy atom. The van der Waals surface area contributed by atoms with Crippen LogP contribution in [0.3, 0.4) is 0 Å². The summed E-state index contributed by atoms with van der Waals surface area (Å²) in [6.45, 7) is 8.90. The summed E-state index contributed by atoms with van der Waals surface area (Å²) in [6, 6.07) is 0.656. The molecule has 1 saturated heterocycles. The molecule has 1 aliphatic heterocycles. The number of likely N-dealkylation sites (tertiary alicyclic amines) is 1. The van der Waals surface area contributed by atoms with Crippen LogP contribution in [0.25, 0.3) is 0 Å². The topological polar surface area (TPSA) is 58.4 Å². The van der Waals surface area contributed by atoms with Crippen LogP contribution in [-0.2, 0) is 4.79 Å². The van der Waals surface area contributed by atoms with Crippen LogP contribution in [0.5, 0.6) is 0 Å². The molecule has 1 amide bonds. The molecule has 1 fully saturated rings. The molecule has 0 saturated carbocycles. The summed E-state index contributed by atoms with van der Waals surface area (Å²) < 4.78 is 0. The molecule has 0 aromatic rings. The van der Waals surface area contributed by atoms with Crippen LogP contribution < -0.4 is 11.1 Å². The lowest BCUT2D eigenvalue weighted by atomic mass is 9.94. The monoisotopic (exact) mass is 239 g/mol. The first-order valence-corrected chi connectivity index (χ1v) is 6.48. The summed E-state index contributed by atoms with van der Waals surface area (Å²) >= 11 is 0. The molecule has 0 spiro atoms. The summed E-state index contributed by atoms with van der Waals surface area (Å²) in [5.41, 5.74) is 5.80. The first-order chi connectivity index (χ1) is 8.11. The van der Waals surface area contributed by atoms with Crippen LogP contribution in [0.2, 0.25) is 0 Å². The van der Waals surface area contributed by atoms with Crippen molar-refractivity contribution in [3.63, 3.8) is 0 Å². The Kier molecular flexibility index (Phi) is 5.65. The maximum absolute atomic E-state index is 12.0. The standard InChI is InChI=1S/C13H25N3O/c1-4-8-15-13(17)11(3)16-10(2)6-5-7-12(16)9-14/h4,10-12H,1,5-9,14H2,2-3H3,(H,15,17). The van der Waals surface area contributed by atoms with Crippen LogP contribution >= 0.6 is 0 Å². The van der Waals surface area contributed by atoms with E-state index in [0.29, 0.717) is 25.2 Å². The third-order valence-corrected chi connectivity index (χ3v) is 3.61. The van der Waals surface area contributed by atoms with Crippen LogP contribution in [0.1, 0.15) is 33.1 Å². The van der Waals surface area contributed by atoms with Gasteiger partial charge in [-0.15, -0.1) is 6.58 Å². The molecule has 1 rings (SSSR count). The minimum absolute atomic E-state index is 0.0668. The van der Waals surface area contributed by atoms with Gasteiger partial charge in [-0.1, -0.05) is 12.5 Å². The Labute approximate surface area is 104 Å². The zero-order valence-corrected chi connectivity index (χ0v) is 11.0. The highest BCUT2D eigenvalue weighted by molar-refractivity contribution is 5.81. The number of nitrogens with one attached hydrogen (secondary N) is 1. The molecule has 1 heterocycles. The fourth-order valence-electron chi connectivity index (χ4n) is 2.70. The molecular formula is C13H25N3O. The van der Waals surface area contributed by atoms with Crippen LogP contribution in [0, 0.1) is 0 Å². The number of nitrogens with two attached hydrogens (primary N) is 1. The molecule has 0 aliphatic carbocycles. The summed E-state index contributed by atoms with van der Waals surface area (Å²) in [7, 11) is 0. The van der Waals surface area contributed by atoms with Gasteiger partial charge in [0.2, 0.25) is 5.91 Å². The fraction of sp³-hybridized carbons (Fsp3) is 0.769. The molecule has 4 nitrogen and oxygen atoms in total. The van der Waals surface area contributed by atoms with Crippen LogP contribution in [0.15, 0.2) is 12.7 Å². The van der Waals surface area contributed by atoms with Crippen LogP contribution in [0.4, 0.5) is 0 Å². The van der Waals surface area contributed by atoms with Crippen molar-refractivity contribution >= 4 is 5.91 Å². The second kappa shape index (κ2) is 6.77. The number of carbonyl (C=O) groups is 1. The molecule has 17 heavy (non-hydrogen) atoms. The van der Waals surface area contributed by atoms with E-state index in [1.54, 1.807) is 6.08 Å². The van der Waals surface area contributed by atoms with Crippen molar-refractivity contribution in [1.29, 1.82) is 0 Å². The number of amides is 1. The Morgan fingerprint density at radius 1 is 1.65 bits per heavy atom. The quantitative estimate of drug-likeness (QED) is 0.700. The fourth-order valence-corrected chi connectivity index (χ4v) is 2.70. The van der Waals surface area contributed by atoms with E-state index < -0.39 is 0 Å². The lowest BCUT2D eigenvalue weighted by Crippen LogP contribution is -2.57. The van der Waals surface area contributed by atoms with Crippen molar-refractivity contribution in [1.82, 2.24) is 10.2 Å². The summed E-state index contributed by atoms with van der Waals surface area (Å²) in [5, 5.41) is 2.86. The van der Waals surface area contributed by atoms with E-state index in [2.05, 4.69) is 23.7 Å². The largest absolute Gasteiger partial charge is 0.351 e. The van der Waals surface area contributed by atoms with E-state index in [4.69, 9.17) is 5.73 Å². The van der Waals surface area contributed by atoms with E-state index in [0.717, 1.165) is 12.8 Å². The molecule has 3 unspecified atom stereocenters. The van der Waals surface area contributed by atoms with E-state index in [-0.39, 0.29) is 11.9 Å². The molecule has 1 aliphatic rings. The molecule has 3 atom stereocenters. The second-order valence-corrected chi connectivity index (χ2v) is 4.83. The van der Waals surface area contributed by atoms with Gasteiger partial charge in [-0.25, -0.2) is 0 Å². The van der Waals surface area contributed by atoms with Crippen molar-refractivity contribution in [3.8, 4) is 0 Å². The Morgan fingerprint density at radius 3 is 2.94 bits per heavy atom. The highest BCUT2D eigenvalue weighted by atomic mass is 16.2. The number of carbonyl (C=O) groups excluding carboxylic acids is 1. The number of piperidine rings is 1. The van der Waals surface area contributed by atoms with Gasteiger partial charge >= 0.3 is 0 Å². The first kappa shape index (κ1) is 14.2. The van der Waals surface area contributed by atoms with Crippen LogP contribution in [-0.4, -0.2) is 42.0 Å². The smallest absolute Gasteiger partial charge is 0.237 e. The normalized spacial score (nSPS) is 27.5. The summed E-state index contributed by atoms with van der Waals surface area (Å²) in [4.78, 5) is 14.2. The predicted octanol–water partition coefficient (Wildman–Crippen LogP) is 0.879. The van der Waals surface area contributed by atoms with Gasteiger partial charge in [0, 0.05) is 25.2 Å². The van der Waals surface area contributed by atoms with Crippen molar-refractivity contribution in [2.24, 2.45) is 5.73 Å². The lowest BCUT2D eigenvalue weighted by molar-refractivity contribution is -0.128. The van der Waals surface area contributed by atoms with Gasteiger partial charge in [0.05, 0.1) is 6.04 Å². The maximum Gasteiger partial charge on any atom is 0.237 e. The SMILES string of the molecule is C=CCNC(=O)C(C)N1C(C)CCCC1CN. The van der Waals surface area contributed by atoms with Gasteiger partial charge in [0.1, 0.15) is 0 Å². The minimum Gasteiger partial charge on any atom is -0.351 e. The summed E-state index contributed by atoms with van der Waals surface area (Å²) in [5.74, 6) is 0.0668. The number of hydrogen-bond acceptors (Lipinski definition) is 3. The molecule has 0 aromatic carbocycles. The van der Waals surface area contributed by atoms with Gasteiger partial charge in [-0.05, 0) is 26.7 Å². The Balaban J connectivity index is 2.65. The van der Waals surface area contributed by atoms with E-state index in [1.165, 1.54) is 6.42 Å². The van der Waals surface area contributed by atoms with Gasteiger partial charge in [-0.3, -0.25) is 9.69 Å². The third kappa shape index (κ3) is 3.54. The molecule has 0 aromatic heterocycles. The van der Waals surface area contributed by atoms with Crippen molar-refractivity contribution < 1.29 is 4.79 Å². The number of rotatable bonds is 5. The zero-order valence-electron chi connectivity index (χ0n) is 11.0. The van der Waals surface area contributed by atoms with E-state index in [1.807, 2.05) is 6.92 Å². The third-order valence-electron chi connectivity index (χ3n) is 3.61. The van der Waals surface area contributed by atoms with Gasteiger partial charge in [-0.2, -0.15) is 0 Å². The van der Waals surface area contributed by atoms with Crippen molar-refractivity contribution in [2.75, 3.05) is 13.1 Å². The molecule has 0 bridgehead atoms. The number of hydrogen-bond donors (Lipinski definition) is 2. The molecule has 3 N–H and O–H groups in total. The van der Waals surface area contributed by atoms with E-state index in [9.17, 15) is 4.79 Å². The molecule has 98 valence electrons. The van der Waals surface area contributed by atoms with E-state index >= 15 is 0 Å². The highest BCUT2D eigenvalue weighted by Crippen LogP contribution is 2.24. The molecular weight excluding hydrogens is 214 g/mol. The van der Waals surface area contributed by atoms with Crippen molar-refractivity contribution in [3.05, 3.63) is 12.7 Å². The molecule has 4 heteroatoms. The Hall–Kier alpha value is -0.870. The van der Waals surface area contributed by atoms with Gasteiger partial charge < -0.3 is 11.1 Å². The Bertz CT molecular complexity index is 267. The summed E-state index contributed by atoms with van der Waals surface area (Å²) in [6.07, 6.45) is 5.15. The first-order valence-electron chi connectivity index (χ1n) is 6.48. The second-order valence-electron chi connectivity index (χ2n) is 4.83. The molecule has 0 radical (unpaired) electrons. The lowest BCUT2D eigenvalue weighted by Gasteiger charge is -2.43.